The van der Waals surface area contributed by atoms with Gasteiger partial charge >= 0.3 is 0 Å². The van der Waals surface area contributed by atoms with Gasteiger partial charge in [0.1, 0.15) is 4.90 Å². The summed E-state index contributed by atoms with van der Waals surface area (Å²) in [6.07, 6.45) is 5.42. The van der Waals surface area contributed by atoms with Crippen molar-refractivity contribution in [2.24, 2.45) is 5.73 Å². The third-order valence-electron chi connectivity index (χ3n) is 3.52. The van der Waals surface area contributed by atoms with Gasteiger partial charge < -0.3 is 10.3 Å². The van der Waals surface area contributed by atoms with Gasteiger partial charge in [-0.1, -0.05) is 0 Å². The average Bonchev–Trinajstić information content (AvgIpc) is 3.16. The Morgan fingerprint density at radius 3 is 2.81 bits per heavy atom. The molecular formula is C14H18N4O2S. The van der Waals surface area contributed by atoms with Crippen molar-refractivity contribution in [2.75, 3.05) is 4.72 Å². The van der Waals surface area contributed by atoms with Crippen molar-refractivity contribution in [3.63, 3.8) is 0 Å². The van der Waals surface area contributed by atoms with Gasteiger partial charge in [-0.15, -0.1) is 0 Å². The molecule has 2 aromatic rings. The summed E-state index contributed by atoms with van der Waals surface area (Å²) < 4.78 is 29.5. The minimum Gasteiger partial charge on any atom is -0.346 e. The van der Waals surface area contributed by atoms with Gasteiger partial charge in [0.15, 0.2) is 0 Å². The first-order valence-electron chi connectivity index (χ1n) is 6.86. The summed E-state index contributed by atoms with van der Waals surface area (Å²) in [5.41, 5.74) is 7.82. The molecular weight excluding hydrogens is 288 g/mol. The Labute approximate surface area is 124 Å². The van der Waals surface area contributed by atoms with Gasteiger partial charge in [-0.25, -0.2) is 8.42 Å². The van der Waals surface area contributed by atoms with E-state index in [9.17, 15) is 8.42 Å². The zero-order valence-corrected chi connectivity index (χ0v) is 12.6. The monoisotopic (exact) mass is 306 g/mol. The Balaban J connectivity index is 1.91. The number of anilines is 1. The highest BCUT2D eigenvalue weighted by molar-refractivity contribution is 7.92. The van der Waals surface area contributed by atoms with Crippen LogP contribution in [0.5, 0.6) is 0 Å². The lowest BCUT2D eigenvalue weighted by atomic mass is 10.3. The number of aromatic nitrogens is 2. The van der Waals surface area contributed by atoms with E-state index in [4.69, 9.17) is 5.73 Å². The van der Waals surface area contributed by atoms with Crippen LogP contribution in [0.1, 0.15) is 30.3 Å². The molecule has 0 atom stereocenters. The summed E-state index contributed by atoms with van der Waals surface area (Å²) in [4.78, 5) is 4.30. The van der Waals surface area contributed by atoms with Gasteiger partial charge in [0, 0.05) is 36.4 Å². The largest absolute Gasteiger partial charge is 0.346 e. The molecule has 0 bridgehead atoms. The van der Waals surface area contributed by atoms with Gasteiger partial charge in [0.2, 0.25) is 0 Å². The normalized spacial score (nSPS) is 15.1. The van der Waals surface area contributed by atoms with Crippen molar-refractivity contribution >= 4 is 15.7 Å². The lowest BCUT2D eigenvalue weighted by Crippen LogP contribution is -2.12. The van der Waals surface area contributed by atoms with E-state index >= 15 is 0 Å². The van der Waals surface area contributed by atoms with E-state index in [1.165, 1.54) is 0 Å². The Morgan fingerprint density at radius 1 is 1.43 bits per heavy atom. The van der Waals surface area contributed by atoms with Gasteiger partial charge in [0.25, 0.3) is 10.0 Å². The molecule has 21 heavy (non-hydrogen) atoms. The lowest BCUT2D eigenvalue weighted by molar-refractivity contribution is 0.600. The summed E-state index contributed by atoms with van der Waals surface area (Å²) in [6, 6.07) is 5.37. The third kappa shape index (κ3) is 2.93. The van der Waals surface area contributed by atoms with Crippen LogP contribution in [0.25, 0.3) is 0 Å². The number of hydrogen-bond acceptors (Lipinski definition) is 4. The maximum Gasteiger partial charge on any atom is 0.263 e. The molecule has 1 aliphatic rings. The van der Waals surface area contributed by atoms with E-state index in [1.54, 1.807) is 30.6 Å². The molecule has 0 radical (unpaired) electrons. The van der Waals surface area contributed by atoms with Gasteiger partial charge in [-0.2, -0.15) is 0 Å². The molecule has 0 unspecified atom stereocenters. The molecule has 0 amide bonds. The van der Waals surface area contributed by atoms with Crippen LogP contribution in [-0.2, 0) is 16.6 Å². The highest BCUT2D eigenvalue weighted by Gasteiger charge is 2.27. The molecule has 2 heterocycles. The molecule has 7 heteroatoms. The third-order valence-corrected chi connectivity index (χ3v) is 4.86. The molecule has 1 aliphatic carbocycles. The van der Waals surface area contributed by atoms with Gasteiger partial charge in [-0.3, -0.25) is 9.71 Å². The number of nitrogens with one attached hydrogen (secondary N) is 1. The molecule has 112 valence electrons. The summed E-state index contributed by atoms with van der Waals surface area (Å²) in [6.45, 7) is 2.15. The molecule has 0 aliphatic heterocycles. The van der Waals surface area contributed by atoms with E-state index < -0.39 is 10.0 Å². The number of sulfonamides is 1. The van der Waals surface area contributed by atoms with E-state index in [0.29, 0.717) is 18.3 Å². The molecule has 3 rings (SSSR count). The average molecular weight is 306 g/mol. The second kappa shape index (κ2) is 5.16. The van der Waals surface area contributed by atoms with E-state index in [0.717, 1.165) is 24.2 Å². The van der Waals surface area contributed by atoms with Crippen LogP contribution in [0, 0.1) is 6.92 Å². The van der Waals surface area contributed by atoms with Crippen molar-refractivity contribution in [1.29, 1.82) is 0 Å². The number of nitrogens with zero attached hydrogens (tertiary/aromatic N) is 2. The van der Waals surface area contributed by atoms with Crippen molar-refractivity contribution in [3.05, 3.63) is 42.0 Å². The van der Waals surface area contributed by atoms with E-state index in [-0.39, 0.29) is 4.90 Å². The number of nitrogens with two attached hydrogens (primary N) is 1. The molecule has 1 saturated carbocycles. The minimum absolute atomic E-state index is 0.254. The predicted octanol–water partition coefficient (Wildman–Crippen LogP) is 1.79. The first-order chi connectivity index (χ1) is 9.99. The topological polar surface area (TPSA) is 90.0 Å². The van der Waals surface area contributed by atoms with Crippen LogP contribution in [0.4, 0.5) is 5.69 Å². The predicted molar refractivity (Wildman–Crippen MR) is 80.4 cm³/mol. The van der Waals surface area contributed by atoms with Crippen LogP contribution >= 0.6 is 0 Å². The quantitative estimate of drug-likeness (QED) is 0.881. The van der Waals surface area contributed by atoms with Crippen LogP contribution in [0.2, 0.25) is 0 Å². The fraction of sp³-hybridized carbons (Fsp3) is 0.357. The van der Waals surface area contributed by atoms with Crippen molar-refractivity contribution < 1.29 is 8.42 Å². The van der Waals surface area contributed by atoms with Crippen LogP contribution in [0.15, 0.2) is 35.5 Å². The molecule has 2 aromatic heterocycles. The van der Waals surface area contributed by atoms with Crippen LogP contribution in [0.3, 0.4) is 0 Å². The summed E-state index contributed by atoms with van der Waals surface area (Å²) >= 11 is 0. The Hall–Kier alpha value is -1.86. The number of pyridine rings is 1. The summed E-state index contributed by atoms with van der Waals surface area (Å²) in [5, 5.41) is 0. The molecule has 3 N–H and O–H groups in total. The molecule has 0 saturated heterocycles. The standard InChI is InChI=1S/C14H18N4O2S/c1-10-6-11(4-5-16-10)17-21(19,20)14-7-13(8-15)18(9-14)12-2-3-12/h4-7,9,12H,2-3,8,15H2,1H3,(H,16,17). The molecule has 0 spiro atoms. The second-order valence-electron chi connectivity index (χ2n) is 5.30. The van der Waals surface area contributed by atoms with Crippen molar-refractivity contribution in [2.45, 2.75) is 37.2 Å². The van der Waals surface area contributed by atoms with Crippen LogP contribution in [-0.4, -0.2) is 18.0 Å². The summed E-state index contributed by atoms with van der Waals surface area (Å²) in [7, 11) is -3.60. The molecule has 0 aromatic carbocycles. The zero-order valence-electron chi connectivity index (χ0n) is 11.8. The first-order valence-corrected chi connectivity index (χ1v) is 8.34. The zero-order chi connectivity index (χ0) is 15.0. The van der Waals surface area contributed by atoms with Gasteiger partial charge in [-0.05, 0) is 38.0 Å². The fourth-order valence-corrected chi connectivity index (χ4v) is 3.42. The lowest BCUT2D eigenvalue weighted by Gasteiger charge is -2.06. The highest BCUT2D eigenvalue weighted by Crippen LogP contribution is 2.37. The van der Waals surface area contributed by atoms with Crippen molar-refractivity contribution in [1.82, 2.24) is 9.55 Å². The fourth-order valence-electron chi connectivity index (χ4n) is 2.32. The van der Waals surface area contributed by atoms with Crippen molar-refractivity contribution in [3.8, 4) is 0 Å². The highest BCUT2D eigenvalue weighted by atomic mass is 32.2. The number of hydrogen-bond donors (Lipinski definition) is 2. The van der Waals surface area contributed by atoms with E-state index in [2.05, 4.69) is 9.71 Å². The molecule has 1 fully saturated rings. The Kier molecular flexibility index (Phi) is 3.46. The minimum atomic E-state index is -3.60. The van der Waals surface area contributed by atoms with Gasteiger partial charge in [0.05, 0.1) is 5.69 Å². The SMILES string of the molecule is Cc1cc(NS(=O)(=O)c2cc(CN)n(C3CC3)c2)ccn1. The molecule has 6 nitrogen and oxygen atoms in total. The Morgan fingerprint density at radius 2 is 2.19 bits per heavy atom. The number of rotatable bonds is 5. The maximum absolute atomic E-state index is 12.5. The second-order valence-corrected chi connectivity index (χ2v) is 6.98. The Bertz CT molecular complexity index is 763. The summed E-state index contributed by atoms with van der Waals surface area (Å²) in [5.74, 6) is 0. The maximum atomic E-state index is 12.5. The smallest absolute Gasteiger partial charge is 0.263 e. The first kappa shape index (κ1) is 14.1. The van der Waals surface area contributed by atoms with E-state index in [1.807, 2.05) is 11.5 Å². The number of aryl methyl sites for hydroxylation is 1. The van der Waals surface area contributed by atoms with Crippen LogP contribution < -0.4 is 10.5 Å².